The Labute approximate surface area is 130 Å². The van der Waals surface area contributed by atoms with Gasteiger partial charge in [0.25, 0.3) is 0 Å². The molecule has 0 saturated heterocycles. The highest BCUT2D eigenvalue weighted by Gasteiger charge is 2.24. The van der Waals surface area contributed by atoms with Crippen molar-refractivity contribution in [1.29, 1.82) is 0 Å². The molecular formula is C15H24N4OS. The monoisotopic (exact) mass is 308 g/mol. The van der Waals surface area contributed by atoms with Crippen molar-refractivity contribution < 1.29 is 4.79 Å². The van der Waals surface area contributed by atoms with Crippen LogP contribution in [0.1, 0.15) is 50.9 Å². The van der Waals surface area contributed by atoms with Crippen molar-refractivity contribution in [3.05, 3.63) is 18.5 Å². The molecule has 6 heteroatoms. The smallest absolute Gasteiger partial charge is 0.233 e. The minimum atomic E-state index is -0.184. The predicted octanol–water partition coefficient (Wildman–Crippen LogP) is 2.87. The van der Waals surface area contributed by atoms with Crippen LogP contribution in [0.4, 0.5) is 0 Å². The van der Waals surface area contributed by atoms with E-state index >= 15 is 0 Å². The molecule has 1 fully saturated rings. The van der Waals surface area contributed by atoms with Crippen molar-refractivity contribution in [1.82, 2.24) is 20.1 Å². The van der Waals surface area contributed by atoms with Crippen LogP contribution in [0.5, 0.6) is 0 Å². The van der Waals surface area contributed by atoms with Crippen molar-refractivity contribution >= 4 is 17.7 Å². The van der Waals surface area contributed by atoms with Crippen molar-refractivity contribution in [3.63, 3.8) is 0 Å². The van der Waals surface area contributed by atoms with Crippen LogP contribution in [-0.4, -0.2) is 32.5 Å². The van der Waals surface area contributed by atoms with Crippen molar-refractivity contribution in [2.75, 3.05) is 6.54 Å². The maximum atomic E-state index is 12.0. The average molecular weight is 308 g/mol. The minimum absolute atomic E-state index is 0.00995. The van der Waals surface area contributed by atoms with E-state index in [2.05, 4.69) is 26.7 Å². The zero-order valence-electron chi connectivity index (χ0n) is 12.8. The summed E-state index contributed by atoms with van der Waals surface area (Å²) in [6, 6.07) is 0.486. The van der Waals surface area contributed by atoms with E-state index in [1.54, 1.807) is 6.08 Å². The fraction of sp³-hybridized carbons (Fsp3) is 0.667. The molecule has 5 nitrogen and oxygen atoms in total. The molecule has 1 atom stereocenters. The zero-order chi connectivity index (χ0) is 15.2. The molecule has 1 aliphatic carbocycles. The first-order valence-electron chi connectivity index (χ1n) is 7.60. The third-order valence-electron chi connectivity index (χ3n) is 3.85. The second-order valence-electron chi connectivity index (χ2n) is 5.49. The maximum absolute atomic E-state index is 12.0. The Morgan fingerprint density at radius 3 is 2.86 bits per heavy atom. The third-order valence-corrected chi connectivity index (χ3v) is 4.90. The second kappa shape index (κ2) is 7.64. The summed E-state index contributed by atoms with van der Waals surface area (Å²) in [4.78, 5) is 12.0. The first-order valence-corrected chi connectivity index (χ1v) is 8.48. The molecule has 0 aromatic carbocycles. The second-order valence-corrected chi connectivity index (χ2v) is 6.79. The summed E-state index contributed by atoms with van der Waals surface area (Å²) in [6.07, 6.45) is 7.90. The Morgan fingerprint density at radius 1 is 1.48 bits per heavy atom. The fourth-order valence-electron chi connectivity index (χ4n) is 2.72. The number of hydrogen-bond donors (Lipinski definition) is 1. The molecule has 1 N–H and O–H groups in total. The van der Waals surface area contributed by atoms with E-state index in [1.807, 2.05) is 13.8 Å². The lowest BCUT2D eigenvalue weighted by Gasteiger charge is -2.25. The predicted molar refractivity (Wildman–Crippen MR) is 85.4 cm³/mol. The minimum Gasteiger partial charge on any atom is -0.352 e. The van der Waals surface area contributed by atoms with Gasteiger partial charge in [-0.2, -0.15) is 0 Å². The van der Waals surface area contributed by atoms with E-state index in [-0.39, 0.29) is 11.2 Å². The standard InChI is InChI=1S/C15H24N4OS/c1-4-10-16-14(20)11(2)21-15-18-17-12(3)19(15)13-8-6-5-7-9-13/h4,11,13H,1,5-10H2,2-3H3,(H,16,20)/t11-/m0/s1. The van der Waals surface area contributed by atoms with Gasteiger partial charge in [-0.3, -0.25) is 4.79 Å². The summed E-state index contributed by atoms with van der Waals surface area (Å²) in [6.45, 7) is 8.00. The Hall–Kier alpha value is -1.30. The molecule has 21 heavy (non-hydrogen) atoms. The number of carbonyl (C=O) groups is 1. The Morgan fingerprint density at radius 2 is 2.19 bits per heavy atom. The number of nitrogens with one attached hydrogen (secondary N) is 1. The van der Waals surface area contributed by atoms with Crippen LogP contribution in [-0.2, 0) is 4.79 Å². The summed E-state index contributed by atoms with van der Waals surface area (Å²) < 4.78 is 2.22. The van der Waals surface area contributed by atoms with Gasteiger partial charge in [0.15, 0.2) is 5.16 Å². The van der Waals surface area contributed by atoms with E-state index in [0.717, 1.165) is 11.0 Å². The van der Waals surface area contributed by atoms with Crippen LogP contribution in [0, 0.1) is 6.92 Å². The highest BCUT2D eigenvalue weighted by molar-refractivity contribution is 8.00. The topological polar surface area (TPSA) is 59.8 Å². The molecule has 0 spiro atoms. The van der Waals surface area contributed by atoms with Crippen LogP contribution in [0.15, 0.2) is 17.8 Å². The SMILES string of the molecule is C=CCNC(=O)[C@H](C)Sc1nnc(C)n1C1CCCCC1. The number of rotatable bonds is 6. The number of aryl methyl sites for hydroxylation is 1. The van der Waals surface area contributed by atoms with E-state index in [1.165, 1.54) is 43.9 Å². The normalized spacial score (nSPS) is 17.4. The largest absolute Gasteiger partial charge is 0.352 e. The molecule has 116 valence electrons. The van der Waals surface area contributed by atoms with E-state index in [9.17, 15) is 4.79 Å². The van der Waals surface area contributed by atoms with Crippen LogP contribution in [0.3, 0.4) is 0 Å². The molecule has 1 saturated carbocycles. The van der Waals surface area contributed by atoms with Crippen molar-refractivity contribution in [2.45, 2.75) is 62.4 Å². The zero-order valence-corrected chi connectivity index (χ0v) is 13.7. The van der Waals surface area contributed by atoms with Gasteiger partial charge in [-0.15, -0.1) is 16.8 Å². The highest BCUT2D eigenvalue weighted by atomic mass is 32.2. The number of amides is 1. The van der Waals surface area contributed by atoms with Gasteiger partial charge in [-0.1, -0.05) is 37.1 Å². The number of thioether (sulfide) groups is 1. The molecule has 0 bridgehead atoms. The Bertz CT molecular complexity index is 494. The summed E-state index contributed by atoms with van der Waals surface area (Å²) in [5.41, 5.74) is 0. The number of hydrogen-bond acceptors (Lipinski definition) is 4. The van der Waals surface area contributed by atoms with Crippen LogP contribution in [0.25, 0.3) is 0 Å². The van der Waals surface area contributed by atoms with Gasteiger partial charge in [0.2, 0.25) is 5.91 Å². The molecule has 0 unspecified atom stereocenters. The first-order chi connectivity index (χ1) is 10.1. The summed E-state index contributed by atoms with van der Waals surface area (Å²) in [5.74, 6) is 0.957. The lowest BCUT2D eigenvalue weighted by molar-refractivity contribution is -0.120. The molecule has 1 aromatic heterocycles. The van der Waals surface area contributed by atoms with Gasteiger partial charge in [0, 0.05) is 12.6 Å². The van der Waals surface area contributed by atoms with E-state index in [0.29, 0.717) is 12.6 Å². The maximum Gasteiger partial charge on any atom is 0.233 e. The van der Waals surface area contributed by atoms with Gasteiger partial charge < -0.3 is 9.88 Å². The number of carbonyl (C=O) groups excluding carboxylic acids is 1. The fourth-order valence-corrected chi connectivity index (χ4v) is 3.71. The van der Waals surface area contributed by atoms with Gasteiger partial charge in [0.05, 0.1) is 5.25 Å². The summed E-state index contributed by atoms with van der Waals surface area (Å²) in [5, 5.41) is 12.0. The van der Waals surface area contributed by atoms with Crippen molar-refractivity contribution in [3.8, 4) is 0 Å². The molecule has 1 amide bonds. The number of nitrogens with zero attached hydrogens (tertiary/aromatic N) is 3. The summed E-state index contributed by atoms with van der Waals surface area (Å²) in [7, 11) is 0. The number of aromatic nitrogens is 3. The molecule has 2 rings (SSSR count). The molecule has 0 aliphatic heterocycles. The molecule has 1 heterocycles. The molecule has 1 aromatic rings. The van der Waals surface area contributed by atoms with Gasteiger partial charge >= 0.3 is 0 Å². The van der Waals surface area contributed by atoms with Crippen LogP contribution >= 0.6 is 11.8 Å². The molecule has 1 aliphatic rings. The summed E-state index contributed by atoms with van der Waals surface area (Å²) >= 11 is 1.49. The van der Waals surface area contributed by atoms with E-state index < -0.39 is 0 Å². The molecule has 0 radical (unpaired) electrons. The molecular weight excluding hydrogens is 284 g/mol. The lowest BCUT2D eigenvalue weighted by atomic mass is 9.95. The van der Waals surface area contributed by atoms with Gasteiger partial charge in [-0.25, -0.2) is 0 Å². The van der Waals surface area contributed by atoms with Gasteiger partial charge in [0.1, 0.15) is 5.82 Å². The van der Waals surface area contributed by atoms with Crippen LogP contribution < -0.4 is 5.32 Å². The highest BCUT2D eigenvalue weighted by Crippen LogP contribution is 2.33. The van der Waals surface area contributed by atoms with E-state index in [4.69, 9.17) is 0 Å². The first kappa shape index (κ1) is 16.1. The third kappa shape index (κ3) is 4.09. The quantitative estimate of drug-likeness (QED) is 0.648. The van der Waals surface area contributed by atoms with Crippen molar-refractivity contribution in [2.24, 2.45) is 0 Å². The van der Waals surface area contributed by atoms with Gasteiger partial charge in [-0.05, 0) is 26.7 Å². The Balaban J connectivity index is 2.06. The lowest BCUT2D eigenvalue weighted by Crippen LogP contribution is -2.31. The average Bonchev–Trinajstić information content (AvgIpc) is 2.86. The Kier molecular flexibility index (Phi) is 5.85. The van der Waals surface area contributed by atoms with Crippen LogP contribution in [0.2, 0.25) is 0 Å².